The summed E-state index contributed by atoms with van der Waals surface area (Å²) in [4.78, 5) is 25.8. The molecule has 4 nitrogen and oxygen atoms in total. The number of ketones is 1. The monoisotopic (exact) mass is 487 g/mol. The molecule has 2 saturated carbocycles. The molecule has 0 unspecified atom stereocenters. The van der Waals surface area contributed by atoms with Crippen molar-refractivity contribution in [1.82, 2.24) is 5.32 Å². The zero-order valence-electron chi connectivity index (χ0n) is 21.9. The average Bonchev–Trinajstić information content (AvgIpc) is 3.13. The second-order valence-electron chi connectivity index (χ2n) is 11.8. The van der Waals surface area contributed by atoms with E-state index in [1.165, 1.54) is 11.1 Å². The molecule has 0 aromatic heterocycles. The van der Waals surface area contributed by atoms with E-state index < -0.39 is 0 Å². The lowest BCUT2D eigenvalue weighted by molar-refractivity contribution is -0.129. The van der Waals surface area contributed by atoms with Gasteiger partial charge >= 0.3 is 0 Å². The Hall–Kier alpha value is -2.62. The second kappa shape index (κ2) is 10.4. The van der Waals surface area contributed by atoms with Crippen molar-refractivity contribution in [3.8, 4) is 5.75 Å². The van der Waals surface area contributed by atoms with Crippen molar-refractivity contribution in [2.75, 3.05) is 0 Å². The Kier molecular flexibility index (Phi) is 7.23. The largest absolute Gasteiger partial charge is 0.508 e. The molecular formula is C32H41NO3. The summed E-state index contributed by atoms with van der Waals surface area (Å²) in [6.07, 6.45) is 9.07. The third-order valence-corrected chi connectivity index (χ3v) is 9.60. The minimum Gasteiger partial charge on any atom is -0.508 e. The van der Waals surface area contributed by atoms with E-state index >= 15 is 0 Å². The number of Topliss-reactive ketones (excluding diaryl/α,β-unsaturated/α-hetero) is 1. The smallest absolute Gasteiger partial charge is 0.220 e. The van der Waals surface area contributed by atoms with Gasteiger partial charge in [-0.2, -0.15) is 0 Å². The van der Waals surface area contributed by atoms with Gasteiger partial charge in [0, 0.05) is 24.8 Å². The molecule has 0 aliphatic heterocycles. The Labute approximate surface area is 215 Å². The van der Waals surface area contributed by atoms with Gasteiger partial charge in [-0.05, 0) is 96.9 Å². The highest BCUT2D eigenvalue weighted by Crippen LogP contribution is 2.62. The Morgan fingerprint density at radius 2 is 1.97 bits per heavy atom. The standard InChI is InChI=1S/C32H41NO3/c1-3-8-23-17-27-22(18-28(23)34)13-14-26-25(27)15-16-32(2)29(35)19-24(31(26)32)11-7-12-30(36)33-20-21-9-5-4-6-10-21/h4-6,9-10,17-18,24-26,31,34H,3,7-8,11-16,19-20H2,1-2H3,(H,33,36)/t24-,25+,26-,31+,32-/m1/s1. The zero-order chi connectivity index (χ0) is 25.3. The lowest BCUT2D eigenvalue weighted by Crippen LogP contribution is -2.44. The van der Waals surface area contributed by atoms with Gasteiger partial charge in [0.15, 0.2) is 0 Å². The lowest BCUT2D eigenvalue weighted by atomic mass is 9.54. The van der Waals surface area contributed by atoms with E-state index in [1.807, 2.05) is 36.4 Å². The molecule has 2 fully saturated rings. The second-order valence-corrected chi connectivity index (χ2v) is 11.8. The number of benzene rings is 2. The highest BCUT2D eigenvalue weighted by Gasteiger charge is 2.58. The first-order chi connectivity index (χ1) is 17.4. The molecular weight excluding hydrogens is 446 g/mol. The minimum atomic E-state index is -0.206. The SMILES string of the molecule is CCCc1cc2c(cc1O)CC[C@H]1[C@@H]3[C@H](CCCC(=O)NCc4ccccc4)CC(=O)[C@@]3(C)CC[C@H]21. The van der Waals surface area contributed by atoms with Gasteiger partial charge in [-0.3, -0.25) is 9.59 Å². The van der Waals surface area contributed by atoms with Crippen LogP contribution in [0.3, 0.4) is 0 Å². The molecule has 3 aliphatic rings. The van der Waals surface area contributed by atoms with Crippen molar-refractivity contribution < 1.29 is 14.7 Å². The zero-order valence-corrected chi connectivity index (χ0v) is 21.9. The van der Waals surface area contributed by atoms with E-state index in [9.17, 15) is 14.7 Å². The summed E-state index contributed by atoms with van der Waals surface area (Å²) in [5.41, 5.74) is 4.73. The number of aryl methyl sites for hydroxylation is 2. The van der Waals surface area contributed by atoms with Crippen LogP contribution in [-0.2, 0) is 29.0 Å². The fourth-order valence-electron chi connectivity index (χ4n) is 7.86. The number of carbonyl (C=O) groups is 2. The van der Waals surface area contributed by atoms with Gasteiger partial charge in [-0.1, -0.05) is 56.7 Å². The molecule has 2 N–H and O–H groups in total. The van der Waals surface area contributed by atoms with Crippen LogP contribution in [0.25, 0.3) is 0 Å². The van der Waals surface area contributed by atoms with Crippen molar-refractivity contribution in [2.45, 2.75) is 90.5 Å². The Balaban J connectivity index is 1.26. The van der Waals surface area contributed by atoms with Crippen LogP contribution in [0.2, 0.25) is 0 Å². The number of carbonyl (C=O) groups excluding carboxylic acids is 2. The van der Waals surface area contributed by atoms with Crippen LogP contribution >= 0.6 is 0 Å². The molecule has 5 rings (SSSR count). The van der Waals surface area contributed by atoms with Crippen molar-refractivity contribution in [1.29, 1.82) is 0 Å². The summed E-state index contributed by atoms with van der Waals surface area (Å²) in [7, 11) is 0. The van der Waals surface area contributed by atoms with E-state index in [-0.39, 0.29) is 11.3 Å². The quantitative estimate of drug-likeness (QED) is 0.448. The van der Waals surface area contributed by atoms with Gasteiger partial charge < -0.3 is 10.4 Å². The number of nitrogens with one attached hydrogen (secondary N) is 1. The predicted molar refractivity (Wildman–Crippen MR) is 143 cm³/mol. The molecule has 5 atom stereocenters. The van der Waals surface area contributed by atoms with Crippen LogP contribution in [-0.4, -0.2) is 16.8 Å². The number of rotatable bonds is 8. The van der Waals surface area contributed by atoms with Gasteiger partial charge in [0.2, 0.25) is 5.91 Å². The van der Waals surface area contributed by atoms with Crippen LogP contribution < -0.4 is 5.32 Å². The summed E-state index contributed by atoms with van der Waals surface area (Å²) >= 11 is 0. The molecule has 192 valence electrons. The number of hydrogen-bond acceptors (Lipinski definition) is 3. The average molecular weight is 488 g/mol. The van der Waals surface area contributed by atoms with Gasteiger partial charge in [0.1, 0.15) is 11.5 Å². The number of amides is 1. The number of aromatic hydroxyl groups is 1. The van der Waals surface area contributed by atoms with Crippen molar-refractivity contribution in [3.05, 3.63) is 64.7 Å². The summed E-state index contributed by atoms with van der Waals surface area (Å²) in [6, 6.07) is 14.3. The van der Waals surface area contributed by atoms with Crippen LogP contribution in [0.5, 0.6) is 5.75 Å². The molecule has 0 bridgehead atoms. The van der Waals surface area contributed by atoms with E-state index in [4.69, 9.17) is 0 Å². The van der Waals surface area contributed by atoms with E-state index in [0.29, 0.717) is 54.6 Å². The Morgan fingerprint density at radius 1 is 1.17 bits per heavy atom. The molecule has 0 spiro atoms. The summed E-state index contributed by atoms with van der Waals surface area (Å²) in [5.74, 6) is 2.81. The predicted octanol–water partition coefficient (Wildman–Crippen LogP) is 6.48. The molecule has 0 saturated heterocycles. The molecule has 1 amide bonds. The van der Waals surface area contributed by atoms with Crippen molar-refractivity contribution in [2.24, 2.45) is 23.2 Å². The molecule has 4 heteroatoms. The first kappa shape index (κ1) is 25.0. The molecule has 0 heterocycles. The maximum absolute atomic E-state index is 13.3. The third-order valence-electron chi connectivity index (χ3n) is 9.60. The number of phenols is 1. The Bertz CT molecular complexity index is 1110. The van der Waals surface area contributed by atoms with Gasteiger partial charge in [0.25, 0.3) is 0 Å². The van der Waals surface area contributed by atoms with Crippen molar-refractivity contribution in [3.63, 3.8) is 0 Å². The van der Waals surface area contributed by atoms with Crippen LogP contribution in [0, 0.1) is 23.2 Å². The number of phenolic OH excluding ortho intramolecular Hbond substituents is 1. The maximum Gasteiger partial charge on any atom is 0.220 e. The normalized spacial score (nSPS) is 28.8. The van der Waals surface area contributed by atoms with Crippen molar-refractivity contribution >= 4 is 11.7 Å². The Morgan fingerprint density at radius 3 is 2.75 bits per heavy atom. The minimum absolute atomic E-state index is 0.0994. The lowest BCUT2D eigenvalue weighted by Gasteiger charge is -2.50. The molecule has 3 aliphatic carbocycles. The van der Waals surface area contributed by atoms with E-state index in [2.05, 4.69) is 25.2 Å². The first-order valence-electron chi connectivity index (χ1n) is 14.1. The molecule has 2 aromatic carbocycles. The van der Waals surface area contributed by atoms with Gasteiger partial charge in [-0.25, -0.2) is 0 Å². The van der Waals surface area contributed by atoms with Crippen LogP contribution in [0.15, 0.2) is 42.5 Å². The van der Waals surface area contributed by atoms with E-state index in [1.54, 1.807) is 0 Å². The van der Waals surface area contributed by atoms with Crippen LogP contribution in [0.4, 0.5) is 0 Å². The fraction of sp³-hybridized carbons (Fsp3) is 0.562. The summed E-state index contributed by atoms with van der Waals surface area (Å²) in [5, 5.41) is 13.6. The molecule has 2 aromatic rings. The number of hydrogen-bond donors (Lipinski definition) is 2. The van der Waals surface area contributed by atoms with E-state index in [0.717, 1.165) is 62.5 Å². The maximum atomic E-state index is 13.3. The summed E-state index contributed by atoms with van der Waals surface area (Å²) in [6.45, 7) is 4.96. The third kappa shape index (κ3) is 4.71. The van der Waals surface area contributed by atoms with Crippen LogP contribution in [0.1, 0.15) is 93.4 Å². The molecule has 36 heavy (non-hydrogen) atoms. The molecule has 0 radical (unpaired) electrons. The number of fused-ring (bicyclic) bond motifs is 5. The topological polar surface area (TPSA) is 66.4 Å². The van der Waals surface area contributed by atoms with Gasteiger partial charge in [-0.15, -0.1) is 0 Å². The first-order valence-corrected chi connectivity index (χ1v) is 14.1. The highest BCUT2D eigenvalue weighted by molar-refractivity contribution is 5.87. The fourth-order valence-corrected chi connectivity index (χ4v) is 7.86. The van der Waals surface area contributed by atoms with Gasteiger partial charge in [0.05, 0.1) is 0 Å². The highest BCUT2D eigenvalue weighted by atomic mass is 16.3. The summed E-state index contributed by atoms with van der Waals surface area (Å²) < 4.78 is 0.